The number of aliphatic hydroxyl groups excluding tert-OH is 1. The van der Waals surface area contributed by atoms with Crippen molar-refractivity contribution in [3.05, 3.63) is 53.5 Å². The van der Waals surface area contributed by atoms with Gasteiger partial charge in [-0.1, -0.05) is 6.92 Å². The first-order chi connectivity index (χ1) is 14.1. The molecule has 1 aromatic heterocycles. The number of aliphatic hydroxyl groups is 1. The minimum atomic E-state index is -1.42. The topological polar surface area (TPSA) is 176 Å². The number of rotatable bonds is 9. The summed E-state index contributed by atoms with van der Waals surface area (Å²) in [5.74, 6) is -2.92. The summed E-state index contributed by atoms with van der Waals surface area (Å²) in [5, 5.41) is 28.1. The summed E-state index contributed by atoms with van der Waals surface area (Å²) < 4.78 is 10.6. The van der Waals surface area contributed by atoms with E-state index in [0.717, 1.165) is 0 Å². The Balaban J connectivity index is 1.96. The molecular weight excluding hydrogens is 394 g/mol. The van der Waals surface area contributed by atoms with Crippen molar-refractivity contribution in [2.75, 3.05) is 0 Å². The molecule has 1 aromatic carbocycles. The predicted octanol–water partition coefficient (Wildman–Crippen LogP) is 0.912. The largest absolute Gasteiger partial charge is 0.480 e. The lowest BCUT2D eigenvalue weighted by Gasteiger charge is -2.19. The van der Waals surface area contributed by atoms with Crippen LogP contribution in [0.25, 0.3) is 0 Å². The fraction of sp³-hybridized carbons (Fsp3) is 0.300. The number of nitrogen functional groups attached to an aromatic ring is 1. The highest BCUT2D eigenvalue weighted by Gasteiger charge is 2.27. The van der Waals surface area contributed by atoms with Gasteiger partial charge in [0.05, 0.1) is 6.10 Å². The average Bonchev–Trinajstić information content (AvgIpc) is 3.14. The van der Waals surface area contributed by atoms with Crippen molar-refractivity contribution in [3.63, 3.8) is 0 Å². The number of hydrogen-bond donors (Lipinski definition) is 5. The first-order valence-electron chi connectivity index (χ1n) is 9.05. The highest BCUT2D eigenvalue weighted by Crippen LogP contribution is 2.17. The van der Waals surface area contributed by atoms with Crippen LogP contribution in [0, 0.1) is 11.3 Å². The Hall–Kier alpha value is -3.66. The van der Waals surface area contributed by atoms with Crippen LogP contribution >= 0.6 is 0 Å². The highest BCUT2D eigenvalue weighted by molar-refractivity contribution is 5.95. The molecule has 1 heterocycles. The smallest absolute Gasteiger partial charge is 0.379 e. The van der Waals surface area contributed by atoms with Gasteiger partial charge < -0.3 is 30.4 Å². The standard InChI is InChI=1S/C20H23N3O7/c1-10(18(25)23-16(11(2)24)19(26)27)9-14-7-8-15(29-14)20(28)30-13-5-3-12(4-6-13)17(21)22/h3-8,10-11,16,24H,9H2,1-2H3,(H3,21,22)(H,23,25)(H,26,27)/t10?,11?,16-/m0/s1. The Morgan fingerprint density at radius 3 is 2.33 bits per heavy atom. The Morgan fingerprint density at radius 2 is 1.80 bits per heavy atom. The SMILES string of the molecule is CC(Cc1ccc(C(=O)Oc2ccc(C(=N)N)cc2)o1)C(=O)N[C@H](C(=O)O)C(C)O. The number of carboxylic acids is 1. The van der Waals surface area contributed by atoms with Crippen LogP contribution in [-0.2, 0) is 16.0 Å². The number of amidine groups is 1. The number of ether oxygens (including phenoxy) is 1. The number of furan rings is 1. The third-order valence-corrected chi connectivity index (χ3v) is 4.24. The molecule has 2 rings (SSSR count). The van der Waals surface area contributed by atoms with E-state index in [4.69, 9.17) is 25.4 Å². The molecule has 1 amide bonds. The fourth-order valence-corrected chi connectivity index (χ4v) is 2.54. The molecule has 30 heavy (non-hydrogen) atoms. The van der Waals surface area contributed by atoms with Crippen molar-refractivity contribution in [2.24, 2.45) is 11.7 Å². The zero-order valence-corrected chi connectivity index (χ0v) is 16.4. The third-order valence-electron chi connectivity index (χ3n) is 4.24. The number of amides is 1. The van der Waals surface area contributed by atoms with Gasteiger partial charge in [0.25, 0.3) is 0 Å². The van der Waals surface area contributed by atoms with Crippen LogP contribution in [-0.4, -0.2) is 46.0 Å². The van der Waals surface area contributed by atoms with E-state index in [-0.39, 0.29) is 23.8 Å². The van der Waals surface area contributed by atoms with Crippen molar-refractivity contribution in [1.82, 2.24) is 5.32 Å². The molecule has 6 N–H and O–H groups in total. The van der Waals surface area contributed by atoms with Gasteiger partial charge in [0, 0.05) is 17.9 Å². The fourth-order valence-electron chi connectivity index (χ4n) is 2.54. The summed E-state index contributed by atoms with van der Waals surface area (Å²) in [6.45, 7) is 2.83. The Labute approximate surface area is 172 Å². The first kappa shape index (κ1) is 22.6. The van der Waals surface area contributed by atoms with Gasteiger partial charge in [0.1, 0.15) is 17.3 Å². The quantitative estimate of drug-likeness (QED) is 0.173. The van der Waals surface area contributed by atoms with Gasteiger partial charge in [-0.2, -0.15) is 0 Å². The summed E-state index contributed by atoms with van der Waals surface area (Å²) in [6.07, 6.45) is -1.15. The molecule has 0 saturated carbocycles. The van der Waals surface area contributed by atoms with Crippen molar-refractivity contribution < 1.29 is 33.8 Å². The molecule has 160 valence electrons. The van der Waals surface area contributed by atoms with E-state index < -0.39 is 35.9 Å². The van der Waals surface area contributed by atoms with Crippen LogP contribution in [0.4, 0.5) is 0 Å². The van der Waals surface area contributed by atoms with Gasteiger partial charge in [0.2, 0.25) is 11.7 Å². The van der Waals surface area contributed by atoms with Gasteiger partial charge in [0.15, 0.2) is 6.04 Å². The normalized spacial score (nSPS) is 13.7. The molecule has 0 aliphatic rings. The van der Waals surface area contributed by atoms with Crippen LogP contribution in [0.3, 0.4) is 0 Å². The third kappa shape index (κ3) is 5.92. The lowest BCUT2D eigenvalue weighted by molar-refractivity contribution is -0.145. The number of benzene rings is 1. The van der Waals surface area contributed by atoms with Gasteiger partial charge in [-0.05, 0) is 43.3 Å². The van der Waals surface area contributed by atoms with E-state index in [1.807, 2.05) is 0 Å². The van der Waals surface area contributed by atoms with E-state index in [1.165, 1.54) is 43.3 Å². The maximum atomic E-state index is 12.2. The number of carbonyl (C=O) groups is 3. The van der Waals surface area contributed by atoms with E-state index in [0.29, 0.717) is 11.3 Å². The van der Waals surface area contributed by atoms with Crippen molar-refractivity contribution >= 4 is 23.7 Å². The number of esters is 1. The number of nitrogens with two attached hydrogens (primary N) is 1. The molecule has 0 bridgehead atoms. The maximum absolute atomic E-state index is 12.2. The minimum absolute atomic E-state index is 0.0688. The number of hydrogen-bond acceptors (Lipinski definition) is 7. The number of aliphatic carboxylic acids is 1. The second-order valence-corrected chi connectivity index (χ2v) is 6.76. The van der Waals surface area contributed by atoms with Crippen LogP contribution < -0.4 is 15.8 Å². The molecule has 0 radical (unpaired) electrons. The van der Waals surface area contributed by atoms with Crippen LogP contribution in [0.15, 0.2) is 40.8 Å². The summed E-state index contributed by atoms with van der Waals surface area (Å²) in [7, 11) is 0. The predicted molar refractivity (Wildman–Crippen MR) is 105 cm³/mol. The number of carboxylic acid groups (broad SMARTS) is 1. The number of nitrogens with one attached hydrogen (secondary N) is 2. The second-order valence-electron chi connectivity index (χ2n) is 6.76. The van der Waals surface area contributed by atoms with Crippen LogP contribution in [0.2, 0.25) is 0 Å². The molecule has 2 aromatic rings. The molecule has 2 unspecified atom stereocenters. The zero-order valence-electron chi connectivity index (χ0n) is 16.4. The van der Waals surface area contributed by atoms with Crippen LogP contribution in [0.1, 0.15) is 35.7 Å². The maximum Gasteiger partial charge on any atom is 0.379 e. The van der Waals surface area contributed by atoms with Gasteiger partial charge >= 0.3 is 11.9 Å². The molecule has 0 aliphatic heterocycles. The summed E-state index contributed by atoms with van der Waals surface area (Å²) >= 11 is 0. The van der Waals surface area contributed by atoms with E-state index in [9.17, 15) is 19.5 Å². The molecule has 3 atom stereocenters. The molecule has 0 saturated heterocycles. The van der Waals surface area contributed by atoms with Gasteiger partial charge in [-0.15, -0.1) is 0 Å². The highest BCUT2D eigenvalue weighted by atomic mass is 16.5. The van der Waals surface area contributed by atoms with Crippen molar-refractivity contribution in [3.8, 4) is 5.75 Å². The van der Waals surface area contributed by atoms with Gasteiger partial charge in [-0.25, -0.2) is 9.59 Å². The Morgan fingerprint density at radius 1 is 1.17 bits per heavy atom. The first-order valence-corrected chi connectivity index (χ1v) is 9.05. The van der Waals surface area contributed by atoms with E-state index in [2.05, 4.69) is 5.32 Å². The lowest BCUT2D eigenvalue weighted by Crippen LogP contribution is -2.49. The molecular formula is C20H23N3O7. The average molecular weight is 417 g/mol. The van der Waals surface area contributed by atoms with E-state index >= 15 is 0 Å². The van der Waals surface area contributed by atoms with Crippen LogP contribution in [0.5, 0.6) is 5.75 Å². The minimum Gasteiger partial charge on any atom is -0.480 e. The monoisotopic (exact) mass is 417 g/mol. The van der Waals surface area contributed by atoms with Crippen molar-refractivity contribution in [2.45, 2.75) is 32.4 Å². The molecule has 0 aliphatic carbocycles. The molecule has 10 nitrogen and oxygen atoms in total. The zero-order chi connectivity index (χ0) is 22.4. The van der Waals surface area contributed by atoms with E-state index in [1.54, 1.807) is 6.92 Å². The lowest BCUT2D eigenvalue weighted by atomic mass is 10.0. The van der Waals surface area contributed by atoms with Gasteiger partial charge in [-0.3, -0.25) is 10.2 Å². The molecule has 10 heteroatoms. The second kappa shape index (κ2) is 9.70. The summed E-state index contributed by atoms with van der Waals surface area (Å²) in [4.78, 5) is 35.5. The summed E-state index contributed by atoms with van der Waals surface area (Å²) in [6, 6.07) is 7.56. The summed E-state index contributed by atoms with van der Waals surface area (Å²) in [5.41, 5.74) is 5.86. The Kier molecular flexibility index (Phi) is 7.32. The van der Waals surface area contributed by atoms with Crippen molar-refractivity contribution in [1.29, 1.82) is 5.41 Å². The molecule has 0 fully saturated rings. The number of carbonyl (C=O) groups excluding carboxylic acids is 2. The molecule has 0 spiro atoms. The Bertz CT molecular complexity index is 934.